The van der Waals surface area contributed by atoms with Crippen molar-refractivity contribution in [3.8, 4) is 0 Å². The molecule has 1 heterocycles. The summed E-state index contributed by atoms with van der Waals surface area (Å²) in [6, 6.07) is 14.8. The van der Waals surface area contributed by atoms with Gasteiger partial charge in [-0.05, 0) is 48.6 Å². The van der Waals surface area contributed by atoms with Gasteiger partial charge in [0, 0.05) is 39.0 Å². The second-order valence-electron chi connectivity index (χ2n) is 8.99. The number of alkyl halides is 1. The van der Waals surface area contributed by atoms with Crippen molar-refractivity contribution < 1.29 is 9.85 Å². The van der Waals surface area contributed by atoms with Crippen molar-refractivity contribution in [1.29, 1.82) is 0 Å². The van der Waals surface area contributed by atoms with E-state index in [0.29, 0.717) is 32.6 Å². The molecule has 5 rings (SSSR count). The number of fused-ring (bicyclic) bond motifs is 3. The average molecular weight is 565 g/mol. The minimum atomic E-state index is -0.505. The summed E-state index contributed by atoms with van der Waals surface area (Å²) in [6.07, 6.45) is 0.580. The highest BCUT2D eigenvalue weighted by Gasteiger charge is 2.53. The summed E-state index contributed by atoms with van der Waals surface area (Å²) in [4.78, 5) is 23.4. The van der Waals surface area contributed by atoms with Crippen molar-refractivity contribution in [3.63, 3.8) is 0 Å². The van der Waals surface area contributed by atoms with E-state index in [1.165, 1.54) is 23.9 Å². The van der Waals surface area contributed by atoms with E-state index in [-0.39, 0.29) is 39.4 Å². The summed E-state index contributed by atoms with van der Waals surface area (Å²) < 4.78 is 0. The van der Waals surface area contributed by atoms with E-state index in [0.717, 1.165) is 11.1 Å². The van der Waals surface area contributed by atoms with Gasteiger partial charge >= 0.3 is 0 Å². The van der Waals surface area contributed by atoms with E-state index in [4.69, 9.17) is 34.8 Å². The highest BCUT2D eigenvalue weighted by atomic mass is 35.5. The number of nitrogens with one attached hydrogen (secondary N) is 1. The molecule has 1 aliphatic heterocycles. The fourth-order valence-electron chi connectivity index (χ4n) is 5.44. The van der Waals surface area contributed by atoms with Gasteiger partial charge in [-0.25, -0.2) is 0 Å². The van der Waals surface area contributed by atoms with Gasteiger partial charge in [-0.2, -0.15) is 0 Å². The monoisotopic (exact) mass is 563 g/mol. The molecule has 2 aliphatic rings. The van der Waals surface area contributed by atoms with Gasteiger partial charge in [-0.3, -0.25) is 20.2 Å². The van der Waals surface area contributed by atoms with E-state index in [1.807, 2.05) is 13.0 Å². The van der Waals surface area contributed by atoms with Crippen LogP contribution in [0.3, 0.4) is 0 Å². The van der Waals surface area contributed by atoms with Crippen LogP contribution in [0.1, 0.15) is 35.1 Å². The fourth-order valence-corrected chi connectivity index (χ4v) is 7.90. The van der Waals surface area contributed by atoms with Crippen LogP contribution in [0, 0.1) is 33.1 Å². The first-order chi connectivity index (χ1) is 17.2. The Morgan fingerprint density at radius 2 is 1.72 bits per heavy atom. The summed E-state index contributed by atoms with van der Waals surface area (Å²) >= 11 is 21.2. The van der Waals surface area contributed by atoms with Gasteiger partial charge in [-0.1, -0.05) is 47.5 Å². The van der Waals surface area contributed by atoms with E-state index < -0.39 is 10.3 Å². The standard InChI is InChI=1S/C25H20Cl3N3O4S/c1-12-6-9-18(31(34)35)22-21-15(25(29-24(12)22)14-8-7-13(26)10-16(14)27)11-20(23(21)28)36-19-5-3-2-4-17(19)30(32)33/h2-10,15,20-21,23,25,29H,11H2,1H3/t15-,20+,21+,23-,25-/m1/s1. The third kappa shape index (κ3) is 4.30. The zero-order chi connectivity index (χ0) is 25.7. The maximum atomic E-state index is 12.0. The lowest BCUT2D eigenvalue weighted by molar-refractivity contribution is -0.387. The van der Waals surface area contributed by atoms with Gasteiger partial charge in [0.05, 0.1) is 31.7 Å². The number of nitro benzene ring substituents is 2. The predicted octanol–water partition coefficient (Wildman–Crippen LogP) is 8.16. The normalized spacial score (nSPS) is 24.5. The number of nitro groups is 2. The number of aryl methyl sites for hydroxylation is 1. The molecule has 0 amide bonds. The Morgan fingerprint density at radius 1 is 1.00 bits per heavy atom. The quantitative estimate of drug-likeness (QED) is 0.191. The van der Waals surface area contributed by atoms with Gasteiger partial charge in [0.1, 0.15) is 0 Å². The van der Waals surface area contributed by atoms with Crippen molar-refractivity contribution >= 4 is 63.6 Å². The summed E-state index contributed by atoms with van der Waals surface area (Å²) in [5.74, 6) is -0.500. The van der Waals surface area contributed by atoms with Gasteiger partial charge in [0.25, 0.3) is 11.4 Å². The molecule has 1 saturated carbocycles. The van der Waals surface area contributed by atoms with Crippen molar-refractivity contribution in [2.75, 3.05) is 5.32 Å². The van der Waals surface area contributed by atoms with Gasteiger partial charge in [0.15, 0.2) is 0 Å². The lowest BCUT2D eigenvalue weighted by atomic mass is 9.76. The van der Waals surface area contributed by atoms with Gasteiger partial charge < -0.3 is 5.32 Å². The minimum Gasteiger partial charge on any atom is -0.377 e. The van der Waals surface area contributed by atoms with Crippen LogP contribution < -0.4 is 5.32 Å². The van der Waals surface area contributed by atoms with Crippen LogP contribution in [-0.2, 0) is 0 Å². The Hall–Kier alpha value is -2.52. The highest BCUT2D eigenvalue weighted by molar-refractivity contribution is 8.00. The summed E-state index contributed by atoms with van der Waals surface area (Å²) in [7, 11) is 0. The smallest absolute Gasteiger partial charge is 0.282 e. The number of hydrogen-bond donors (Lipinski definition) is 1. The van der Waals surface area contributed by atoms with E-state index in [2.05, 4.69) is 5.32 Å². The van der Waals surface area contributed by atoms with Crippen LogP contribution in [0.15, 0.2) is 59.5 Å². The number of para-hydroxylation sites is 1. The SMILES string of the molecule is Cc1ccc([N+](=O)[O-])c2c1N[C@H](c1ccc(Cl)cc1Cl)[C@@H]1C[C@H](Sc3ccccc3[N+](=O)[O-])[C@@H](Cl)[C@H]21. The lowest BCUT2D eigenvalue weighted by Gasteiger charge is -2.39. The molecule has 0 bridgehead atoms. The summed E-state index contributed by atoms with van der Waals surface area (Å²) in [5, 5.41) is 27.4. The van der Waals surface area contributed by atoms with E-state index in [1.54, 1.807) is 36.4 Å². The van der Waals surface area contributed by atoms with Gasteiger partial charge in [-0.15, -0.1) is 23.4 Å². The maximum absolute atomic E-state index is 12.0. The summed E-state index contributed by atoms with van der Waals surface area (Å²) in [6.45, 7) is 1.90. The molecule has 186 valence electrons. The zero-order valence-corrected chi connectivity index (χ0v) is 21.9. The molecule has 11 heteroatoms. The Kier molecular flexibility index (Phi) is 6.80. The van der Waals surface area contributed by atoms with Crippen molar-refractivity contribution in [2.24, 2.45) is 5.92 Å². The number of halogens is 3. The van der Waals surface area contributed by atoms with Crippen LogP contribution in [-0.4, -0.2) is 20.5 Å². The Balaban J connectivity index is 1.63. The zero-order valence-electron chi connectivity index (χ0n) is 18.9. The fraction of sp³-hybridized carbons (Fsp3) is 0.280. The molecule has 1 fully saturated rings. The molecule has 0 aromatic heterocycles. The van der Waals surface area contributed by atoms with Crippen LogP contribution in [0.25, 0.3) is 0 Å². The maximum Gasteiger partial charge on any atom is 0.282 e. The number of rotatable bonds is 5. The molecule has 0 radical (unpaired) electrons. The Bertz CT molecular complexity index is 1390. The molecule has 1 N–H and O–H groups in total. The second-order valence-corrected chi connectivity index (χ2v) is 11.6. The molecule has 3 aromatic rings. The molecule has 1 aliphatic carbocycles. The third-order valence-electron chi connectivity index (χ3n) is 6.99. The first kappa shape index (κ1) is 25.1. The van der Waals surface area contributed by atoms with Crippen molar-refractivity contribution in [3.05, 3.63) is 102 Å². The number of nitrogens with zero attached hydrogens (tertiary/aromatic N) is 2. The number of benzene rings is 3. The molecule has 0 spiro atoms. The number of hydrogen-bond acceptors (Lipinski definition) is 6. The predicted molar refractivity (Wildman–Crippen MR) is 144 cm³/mol. The topological polar surface area (TPSA) is 98.3 Å². The number of thioether (sulfide) groups is 1. The summed E-state index contributed by atoms with van der Waals surface area (Å²) in [5.41, 5.74) is 2.98. The van der Waals surface area contributed by atoms with Crippen molar-refractivity contribution in [1.82, 2.24) is 0 Å². The first-order valence-corrected chi connectivity index (χ1v) is 13.3. The molecule has 7 nitrogen and oxygen atoms in total. The minimum absolute atomic E-state index is 0.0129. The van der Waals surface area contributed by atoms with Crippen LogP contribution in [0.2, 0.25) is 10.0 Å². The van der Waals surface area contributed by atoms with E-state index >= 15 is 0 Å². The highest BCUT2D eigenvalue weighted by Crippen LogP contribution is 2.60. The molecular weight excluding hydrogens is 545 g/mol. The molecule has 3 aromatic carbocycles. The molecule has 0 saturated heterocycles. The second kappa shape index (κ2) is 9.74. The first-order valence-electron chi connectivity index (χ1n) is 11.2. The third-order valence-corrected chi connectivity index (χ3v) is 9.67. The Labute approximate surface area is 226 Å². The lowest BCUT2D eigenvalue weighted by Crippen LogP contribution is -2.32. The van der Waals surface area contributed by atoms with Crippen LogP contribution >= 0.6 is 46.6 Å². The van der Waals surface area contributed by atoms with Crippen molar-refractivity contribution in [2.45, 2.75) is 40.8 Å². The average Bonchev–Trinajstić information content (AvgIpc) is 3.15. The Morgan fingerprint density at radius 3 is 2.42 bits per heavy atom. The molecule has 5 atom stereocenters. The largest absolute Gasteiger partial charge is 0.377 e. The van der Waals surface area contributed by atoms with Gasteiger partial charge in [0.2, 0.25) is 0 Å². The molecule has 36 heavy (non-hydrogen) atoms. The van der Waals surface area contributed by atoms with Crippen LogP contribution in [0.5, 0.6) is 0 Å². The molecular formula is C25H20Cl3N3O4S. The molecule has 0 unspecified atom stereocenters. The van der Waals surface area contributed by atoms with Crippen LogP contribution in [0.4, 0.5) is 17.1 Å². The number of anilines is 1. The van der Waals surface area contributed by atoms with E-state index in [9.17, 15) is 20.2 Å².